The summed E-state index contributed by atoms with van der Waals surface area (Å²) in [6.45, 7) is 4.91. The van der Waals surface area contributed by atoms with Crippen LogP contribution in [0.2, 0.25) is 0 Å². The molecule has 0 aliphatic heterocycles. The maximum Gasteiger partial charge on any atom is 0.251 e. The summed E-state index contributed by atoms with van der Waals surface area (Å²) in [6, 6.07) is 7.90. The Bertz CT molecular complexity index is 396. The van der Waals surface area contributed by atoms with Gasteiger partial charge in [0.15, 0.2) is 0 Å². The summed E-state index contributed by atoms with van der Waals surface area (Å²) in [5, 5.41) is 6.38. The van der Waals surface area contributed by atoms with E-state index in [0.717, 1.165) is 44.0 Å². The van der Waals surface area contributed by atoms with Crippen LogP contribution in [0.5, 0.6) is 0 Å². The number of carbonyl (C=O) groups is 1. The van der Waals surface area contributed by atoms with Gasteiger partial charge < -0.3 is 10.6 Å². The van der Waals surface area contributed by atoms with E-state index in [9.17, 15) is 4.79 Å². The molecule has 1 aromatic rings. The van der Waals surface area contributed by atoms with Crippen LogP contribution in [-0.2, 0) is 6.54 Å². The predicted molar refractivity (Wildman–Crippen MR) is 78.1 cm³/mol. The van der Waals surface area contributed by atoms with E-state index in [-0.39, 0.29) is 5.91 Å². The van der Waals surface area contributed by atoms with Gasteiger partial charge in [0.2, 0.25) is 0 Å². The molecule has 2 rings (SSSR count). The molecule has 1 fully saturated rings. The molecule has 0 aromatic heterocycles. The molecule has 104 valence electrons. The third-order valence-corrected chi connectivity index (χ3v) is 3.49. The highest BCUT2D eigenvalue weighted by atomic mass is 16.1. The van der Waals surface area contributed by atoms with Gasteiger partial charge in [0.1, 0.15) is 0 Å². The number of nitrogens with one attached hydrogen (secondary N) is 2. The lowest BCUT2D eigenvalue weighted by Gasteiger charge is -2.06. The first kappa shape index (κ1) is 14.1. The summed E-state index contributed by atoms with van der Waals surface area (Å²) in [5.41, 5.74) is 1.99. The van der Waals surface area contributed by atoms with E-state index in [0.29, 0.717) is 0 Å². The standard InChI is InChI=1S/C16H24N2O/c1-2-3-10-18-16(19)15-8-6-14(7-9-15)12-17-11-13-4-5-13/h6-9,13,17H,2-5,10-12H2,1H3,(H,18,19). The van der Waals surface area contributed by atoms with Gasteiger partial charge in [-0.3, -0.25) is 4.79 Å². The van der Waals surface area contributed by atoms with Crippen LogP contribution in [-0.4, -0.2) is 19.0 Å². The molecule has 1 amide bonds. The molecule has 0 radical (unpaired) electrons. The van der Waals surface area contributed by atoms with Gasteiger partial charge in [-0.15, -0.1) is 0 Å². The molecule has 1 aromatic carbocycles. The average Bonchev–Trinajstić information content (AvgIpc) is 3.24. The summed E-state index contributed by atoms with van der Waals surface area (Å²) in [6.07, 6.45) is 4.90. The zero-order valence-electron chi connectivity index (χ0n) is 11.7. The molecular weight excluding hydrogens is 236 g/mol. The minimum atomic E-state index is 0.0333. The van der Waals surface area contributed by atoms with Crippen LogP contribution in [0.3, 0.4) is 0 Å². The van der Waals surface area contributed by atoms with Gasteiger partial charge in [0.05, 0.1) is 0 Å². The first-order valence-electron chi connectivity index (χ1n) is 7.37. The van der Waals surface area contributed by atoms with Crippen molar-refractivity contribution >= 4 is 5.91 Å². The molecule has 0 bridgehead atoms. The molecule has 0 spiro atoms. The van der Waals surface area contributed by atoms with E-state index < -0.39 is 0 Å². The SMILES string of the molecule is CCCCNC(=O)c1ccc(CNCC2CC2)cc1. The van der Waals surface area contributed by atoms with Gasteiger partial charge in [-0.1, -0.05) is 25.5 Å². The third kappa shape index (κ3) is 5.03. The Kier molecular flexibility index (Phi) is 5.40. The van der Waals surface area contributed by atoms with Gasteiger partial charge in [-0.2, -0.15) is 0 Å². The molecule has 1 aliphatic carbocycles. The first-order valence-corrected chi connectivity index (χ1v) is 7.37. The molecule has 19 heavy (non-hydrogen) atoms. The van der Waals surface area contributed by atoms with E-state index in [1.165, 1.54) is 18.4 Å². The second-order valence-electron chi connectivity index (χ2n) is 5.38. The lowest BCUT2D eigenvalue weighted by atomic mass is 10.1. The van der Waals surface area contributed by atoms with Gasteiger partial charge in [0.25, 0.3) is 5.91 Å². The summed E-state index contributed by atoms with van der Waals surface area (Å²) >= 11 is 0. The highest BCUT2D eigenvalue weighted by Gasteiger charge is 2.20. The van der Waals surface area contributed by atoms with Crippen molar-refractivity contribution in [3.05, 3.63) is 35.4 Å². The van der Waals surface area contributed by atoms with E-state index in [4.69, 9.17) is 0 Å². The molecule has 1 saturated carbocycles. The van der Waals surface area contributed by atoms with Crippen molar-refractivity contribution in [3.63, 3.8) is 0 Å². The summed E-state index contributed by atoms with van der Waals surface area (Å²) in [4.78, 5) is 11.8. The van der Waals surface area contributed by atoms with Crippen LogP contribution >= 0.6 is 0 Å². The number of hydrogen-bond donors (Lipinski definition) is 2. The maximum atomic E-state index is 11.8. The van der Waals surface area contributed by atoms with E-state index >= 15 is 0 Å². The zero-order chi connectivity index (χ0) is 13.5. The Hall–Kier alpha value is -1.35. The quantitative estimate of drug-likeness (QED) is 0.706. The van der Waals surface area contributed by atoms with Crippen molar-refractivity contribution in [3.8, 4) is 0 Å². The van der Waals surface area contributed by atoms with Crippen LogP contribution in [0, 0.1) is 5.92 Å². The fraction of sp³-hybridized carbons (Fsp3) is 0.562. The average molecular weight is 260 g/mol. The minimum Gasteiger partial charge on any atom is -0.352 e. The highest BCUT2D eigenvalue weighted by Crippen LogP contribution is 2.27. The Morgan fingerprint density at radius 2 is 2.00 bits per heavy atom. The Morgan fingerprint density at radius 3 is 2.63 bits per heavy atom. The Labute approximate surface area is 115 Å². The maximum absolute atomic E-state index is 11.8. The smallest absolute Gasteiger partial charge is 0.251 e. The molecular formula is C16H24N2O. The molecule has 2 N–H and O–H groups in total. The summed E-state index contributed by atoms with van der Waals surface area (Å²) < 4.78 is 0. The molecule has 0 heterocycles. The van der Waals surface area contributed by atoms with Crippen LogP contribution in [0.4, 0.5) is 0 Å². The zero-order valence-corrected chi connectivity index (χ0v) is 11.7. The van der Waals surface area contributed by atoms with Crippen LogP contribution < -0.4 is 10.6 Å². The molecule has 0 atom stereocenters. The van der Waals surface area contributed by atoms with Gasteiger partial charge >= 0.3 is 0 Å². The van der Waals surface area contributed by atoms with Crippen LogP contribution in [0.1, 0.15) is 48.5 Å². The largest absolute Gasteiger partial charge is 0.352 e. The van der Waals surface area contributed by atoms with Crippen molar-refractivity contribution in [2.45, 2.75) is 39.2 Å². The van der Waals surface area contributed by atoms with Gasteiger partial charge in [-0.05, 0) is 49.4 Å². The monoisotopic (exact) mass is 260 g/mol. The Morgan fingerprint density at radius 1 is 1.26 bits per heavy atom. The summed E-state index contributed by atoms with van der Waals surface area (Å²) in [5.74, 6) is 0.939. The molecule has 3 nitrogen and oxygen atoms in total. The van der Waals surface area contributed by atoms with Gasteiger partial charge in [-0.25, -0.2) is 0 Å². The number of benzene rings is 1. The lowest BCUT2D eigenvalue weighted by molar-refractivity contribution is 0.0953. The van der Waals surface area contributed by atoms with E-state index in [1.807, 2.05) is 24.3 Å². The number of hydrogen-bond acceptors (Lipinski definition) is 2. The number of amides is 1. The number of carbonyl (C=O) groups excluding carboxylic acids is 1. The van der Waals surface area contributed by atoms with Crippen LogP contribution in [0.15, 0.2) is 24.3 Å². The van der Waals surface area contributed by atoms with Crippen molar-refractivity contribution in [1.82, 2.24) is 10.6 Å². The molecule has 3 heteroatoms. The number of unbranched alkanes of at least 4 members (excludes halogenated alkanes) is 1. The topological polar surface area (TPSA) is 41.1 Å². The van der Waals surface area contributed by atoms with Crippen molar-refractivity contribution < 1.29 is 4.79 Å². The second kappa shape index (κ2) is 7.29. The summed E-state index contributed by atoms with van der Waals surface area (Å²) in [7, 11) is 0. The second-order valence-corrected chi connectivity index (χ2v) is 5.38. The number of rotatable bonds is 8. The molecule has 1 aliphatic rings. The minimum absolute atomic E-state index is 0.0333. The molecule has 0 saturated heterocycles. The van der Waals surface area contributed by atoms with Crippen molar-refractivity contribution in [1.29, 1.82) is 0 Å². The van der Waals surface area contributed by atoms with Gasteiger partial charge in [0, 0.05) is 18.7 Å². The fourth-order valence-electron chi connectivity index (χ4n) is 2.00. The van der Waals surface area contributed by atoms with Crippen molar-refractivity contribution in [2.24, 2.45) is 5.92 Å². The highest BCUT2D eigenvalue weighted by molar-refractivity contribution is 5.94. The lowest BCUT2D eigenvalue weighted by Crippen LogP contribution is -2.24. The van der Waals surface area contributed by atoms with E-state index in [2.05, 4.69) is 17.6 Å². The Balaban J connectivity index is 1.74. The predicted octanol–water partition coefficient (Wildman–Crippen LogP) is 2.72. The fourth-order valence-corrected chi connectivity index (χ4v) is 2.00. The molecule has 0 unspecified atom stereocenters. The normalized spacial score (nSPS) is 14.4. The first-order chi connectivity index (χ1) is 9.29. The third-order valence-electron chi connectivity index (χ3n) is 3.49. The van der Waals surface area contributed by atoms with Crippen molar-refractivity contribution in [2.75, 3.05) is 13.1 Å². The van der Waals surface area contributed by atoms with E-state index in [1.54, 1.807) is 0 Å². The van der Waals surface area contributed by atoms with Crippen LogP contribution in [0.25, 0.3) is 0 Å².